The highest BCUT2D eigenvalue weighted by Gasteiger charge is 2.43. The van der Waals surface area contributed by atoms with E-state index in [4.69, 9.17) is 20.4 Å². The van der Waals surface area contributed by atoms with Crippen LogP contribution in [0.2, 0.25) is 0 Å². The van der Waals surface area contributed by atoms with Gasteiger partial charge in [-0.2, -0.15) is 26.3 Å². The molecule has 2 aromatic rings. The number of carbonyl (C=O) groups excluding carboxylic acids is 2. The average Bonchev–Trinajstić information content (AvgIpc) is 3.57. The number of hydrogen-bond donors (Lipinski definition) is 3. The molecule has 1 aromatic carbocycles. The summed E-state index contributed by atoms with van der Waals surface area (Å²) in [6.07, 6.45) is -3.12. The number of thiophene rings is 1. The van der Waals surface area contributed by atoms with Crippen molar-refractivity contribution < 1.29 is 60.1 Å². The van der Waals surface area contributed by atoms with E-state index in [0.29, 0.717) is 60.5 Å². The maximum atomic E-state index is 16.0. The van der Waals surface area contributed by atoms with Crippen LogP contribution in [0.1, 0.15) is 68.7 Å². The number of carbonyl (C=O) groups is 3. The number of ether oxygens (including phenoxy) is 1. The van der Waals surface area contributed by atoms with Gasteiger partial charge in [0, 0.05) is 67.2 Å². The molecule has 0 aliphatic carbocycles. The molecule has 17 heteroatoms. The molecule has 2 unspecified atom stereocenters. The van der Waals surface area contributed by atoms with Crippen molar-refractivity contribution in [2.75, 3.05) is 33.3 Å². The van der Waals surface area contributed by atoms with Gasteiger partial charge in [-0.15, -0.1) is 11.3 Å². The molecule has 3 N–H and O–H groups in total. The lowest BCUT2D eigenvalue weighted by Crippen LogP contribution is -2.52. The molecule has 1 amide bonds. The predicted octanol–water partition coefficient (Wildman–Crippen LogP) is 8.58. The Kier molecular flexibility index (Phi) is 17.9. The lowest BCUT2D eigenvalue weighted by atomic mass is 9.82. The smallest absolute Gasteiger partial charge is 0.425 e. The Bertz CT molecular complexity index is 1590. The number of allylic oxidation sites excluding steroid dienone is 3. The van der Waals surface area contributed by atoms with E-state index in [1.165, 1.54) is 0 Å². The summed E-state index contributed by atoms with van der Waals surface area (Å²) in [5.41, 5.74) is -2.91. The van der Waals surface area contributed by atoms with Crippen LogP contribution in [0.4, 0.5) is 30.7 Å². The average molecular weight is 794 g/mol. The molecule has 0 bridgehead atoms. The number of piperidine rings is 2. The van der Waals surface area contributed by atoms with E-state index in [9.17, 15) is 40.7 Å². The quantitative estimate of drug-likeness (QED) is 0.0490. The van der Waals surface area contributed by atoms with E-state index in [1.54, 1.807) is 24.3 Å². The van der Waals surface area contributed by atoms with Crippen molar-refractivity contribution in [1.29, 1.82) is 5.41 Å². The molecular formula is C37H46F7N3O6S. The Hall–Kier alpha value is -4.25. The summed E-state index contributed by atoms with van der Waals surface area (Å²) in [7, 11) is 2.11. The molecule has 2 fully saturated rings. The predicted molar refractivity (Wildman–Crippen MR) is 191 cm³/mol. The Morgan fingerprint density at radius 1 is 1.13 bits per heavy atom. The van der Waals surface area contributed by atoms with Crippen molar-refractivity contribution in [3.63, 3.8) is 0 Å². The zero-order valence-corrected chi connectivity index (χ0v) is 30.8. The molecule has 2 aliphatic heterocycles. The molecule has 0 spiro atoms. The second kappa shape index (κ2) is 21.0. The molecule has 9 nitrogen and oxygen atoms in total. The number of aliphatic carboxylic acids is 1. The first-order chi connectivity index (χ1) is 25.3. The van der Waals surface area contributed by atoms with Crippen LogP contribution in [-0.4, -0.2) is 89.9 Å². The van der Waals surface area contributed by atoms with Crippen molar-refractivity contribution in [3.05, 3.63) is 70.0 Å². The van der Waals surface area contributed by atoms with Gasteiger partial charge in [-0.05, 0) is 51.4 Å². The largest absolute Gasteiger partial charge is 0.507 e. The van der Waals surface area contributed by atoms with Gasteiger partial charge in [-0.25, -0.2) is 4.39 Å². The van der Waals surface area contributed by atoms with Crippen LogP contribution in [0.25, 0.3) is 0 Å². The molecule has 0 radical (unpaired) electrons. The lowest BCUT2D eigenvalue weighted by molar-refractivity contribution is -0.142. The van der Waals surface area contributed by atoms with Crippen LogP contribution in [0.5, 0.6) is 11.5 Å². The van der Waals surface area contributed by atoms with Crippen LogP contribution in [0.3, 0.4) is 0 Å². The van der Waals surface area contributed by atoms with Crippen LogP contribution in [0, 0.1) is 11.3 Å². The Morgan fingerprint density at radius 3 is 2.28 bits per heavy atom. The molecule has 4 rings (SSSR count). The van der Waals surface area contributed by atoms with Crippen molar-refractivity contribution >= 4 is 35.7 Å². The number of carboxylic acids is 1. The number of nitrogens with one attached hydrogen (secondary N) is 1. The monoisotopic (exact) mass is 793 g/mol. The molecule has 2 aliphatic rings. The molecule has 0 saturated carbocycles. The fourth-order valence-electron chi connectivity index (χ4n) is 6.19. The Morgan fingerprint density at radius 2 is 1.78 bits per heavy atom. The van der Waals surface area contributed by atoms with Crippen LogP contribution in [-0.2, 0) is 26.2 Å². The van der Waals surface area contributed by atoms with Gasteiger partial charge in [0.15, 0.2) is 0 Å². The third-order valence-corrected chi connectivity index (χ3v) is 9.86. The second-order valence-corrected chi connectivity index (χ2v) is 13.7. The number of amides is 1. The van der Waals surface area contributed by atoms with Gasteiger partial charge in [-0.3, -0.25) is 14.4 Å². The third kappa shape index (κ3) is 13.9. The van der Waals surface area contributed by atoms with Crippen molar-refractivity contribution in [2.24, 2.45) is 5.92 Å². The summed E-state index contributed by atoms with van der Waals surface area (Å²) in [4.78, 5) is 37.4. The van der Waals surface area contributed by atoms with Crippen LogP contribution in [0.15, 0.2) is 59.5 Å². The molecule has 2 saturated heterocycles. The fraction of sp³-hybridized carbons (Fsp3) is 0.514. The summed E-state index contributed by atoms with van der Waals surface area (Å²) in [6.45, 7) is 7.13. The Labute approximate surface area is 313 Å². The first-order valence-electron chi connectivity index (χ1n) is 17.2. The highest BCUT2D eigenvalue weighted by molar-refractivity contribution is 7.10. The standard InChI is InChI=1S/C25H37FN2O4.C7H6F3NO.C5H3F3OS/c1-3-8-21-19(9-6-15-27(21)2)24(31)28-16-13-25(26,14-17-28)20-10-4-5-11-22(20)32-18-7-12-23(29)30;1-5(4-12)6(2-3-11)7(8,9)10;6-5(7,8)4-1-3(9)2-10-4/h4-5,10-11,19,21H,3,6-9,12-18H2,1-2H3,(H,29,30);2-4,11H,1H2;1-2,9H/b;6-2+,11-3?;. The number of carboxylic acid groups (broad SMARTS) is 1. The zero-order valence-electron chi connectivity index (χ0n) is 30.0. The number of rotatable bonds is 12. The van der Waals surface area contributed by atoms with Gasteiger partial charge in [0.1, 0.15) is 28.3 Å². The van der Waals surface area contributed by atoms with E-state index in [-0.39, 0.29) is 55.8 Å². The van der Waals surface area contributed by atoms with Crippen molar-refractivity contribution in [2.45, 2.75) is 82.4 Å². The normalized spacial score (nSPS) is 19.0. The van der Waals surface area contributed by atoms with Gasteiger partial charge in [0.25, 0.3) is 0 Å². The number of likely N-dealkylation sites (tertiary alicyclic amines) is 2. The molecule has 2 atom stereocenters. The minimum absolute atomic E-state index is 0.00280. The summed E-state index contributed by atoms with van der Waals surface area (Å²) in [6, 6.07) is 8.06. The maximum absolute atomic E-state index is 16.0. The number of aldehydes is 1. The minimum Gasteiger partial charge on any atom is -0.507 e. The summed E-state index contributed by atoms with van der Waals surface area (Å²) in [5.74, 6) is -0.554. The van der Waals surface area contributed by atoms with Gasteiger partial charge < -0.3 is 30.2 Å². The lowest BCUT2D eigenvalue weighted by Gasteiger charge is -2.43. The van der Waals surface area contributed by atoms with E-state index < -0.39 is 40.0 Å². The van der Waals surface area contributed by atoms with Gasteiger partial charge >= 0.3 is 18.3 Å². The number of alkyl halides is 7. The summed E-state index contributed by atoms with van der Waals surface area (Å²) >= 11 is 0.481. The maximum Gasteiger partial charge on any atom is 0.425 e. The third-order valence-electron chi connectivity index (χ3n) is 8.90. The van der Waals surface area contributed by atoms with Gasteiger partial charge in [0.05, 0.1) is 18.1 Å². The summed E-state index contributed by atoms with van der Waals surface area (Å²) in [5, 5.41) is 24.8. The van der Waals surface area contributed by atoms with Crippen LogP contribution >= 0.6 is 11.3 Å². The van der Waals surface area contributed by atoms with Gasteiger partial charge in [0.2, 0.25) is 5.91 Å². The number of benzene rings is 1. The van der Waals surface area contributed by atoms with E-state index in [2.05, 4.69) is 25.5 Å². The first kappa shape index (κ1) is 45.9. The number of halogens is 7. The highest BCUT2D eigenvalue weighted by atomic mass is 32.1. The molecule has 1 aromatic heterocycles. The topological polar surface area (TPSA) is 131 Å². The minimum atomic E-state index is -4.63. The molecule has 54 heavy (non-hydrogen) atoms. The van der Waals surface area contributed by atoms with E-state index in [0.717, 1.165) is 37.6 Å². The zero-order chi connectivity index (χ0) is 40.7. The number of aromatic hydroxyl groups is 1. The fourth-order valence-corrected chi connectivity index (χ4v) is 6.83. The second-order valence-electron chi connectivity index (χ2n) is 12.8. The Balaban J connectivity index is 0.000000373. The highest BCUT2D eigenvalue weighted by Crippen LogP contribution is 2.42. The molecular weight excluding hydrogens is 747 g/mol. The SMILES string of the molecule is C=C(C=O)/C(=C\C=N)C(F)(F)F.CCCC1C(C(=O)N2CCC(F)(c3ccccc3OCCCC(=O)O)CC2)CCCN1C.Oc1csc(C(F)(F)F)c1. The van der Waals surface area contributed by atoms with Crippen LogP contribution < -0.4 is 4.74 Å². The van der Waals surface area contributed by atoms with E-state index >= 15 is 4.39 Å². The molecule has 300 valence electrons. The van der Waals surface area contributed by atoms with Gasteiger partial charge in [-0.1, -0.05) is 38.1 Å². The molecule has 3 heterocycles. The van der Waals surface area contributed by atoms with Crippen molar-refractivity contribution in [1.82, 2.24) is 9.80 Å². The number of nitrogens with zero attached hydrogens (tertiary/aromatic N) is 2. The van der Waals surface area contributed by atoms with Crippen molar-refractivity contribution in [3.8, 4) is 11.5 Å². The first-order valence-corrected chi connectivity index (χ1v) is 18.1. The number of para-hydroxylation sites is 1. The summed E-state index contributed by atoms with van der Waals surface area (Å²) < 4.78 is 92.7. The number of hydrogen-bond acceptors (Lipinski definition) is 8. The van der Waals surface area contributed by atoms with E-state index in [1.807, 2.05) is 4.90 Å².